The average molecular weight is 267 g/mol. The molecular formula is C15H29N3O. The van der Waals surface area contributed by atoms with Crippen LogP contribution in [0, 0.1) is 0 Å². The summed E-state index contributed by atoms with van der Waals surface area (Å²) in [5.41, 5.74) is 6.50. The number of ether oxygens (including phenoxy) is 1. The van der Waals surface area contributed by atoms with Crippen LogP contribution in [0.25, 0.3) is 0 Å². The molecule has 0 aromatic carbocycles. The van der Waals surface area contributed by atoms with Crippen LogP contribution in [0.3, 0.4) is 0 Å². The number of fused-ring (bicyclic) bond motifs is 1. The van der Waals surface area contributed by atoms with Crippen LogP contribution >= 0.6 is 0 Å². The smallest absolute Gasteiger partial charge is 0.0731 e. The summed E-state index contributed by atoms with van der Waals surface area (Å²) in [5, 5.41) is 0. The molecule has 3 unspecified atom stereocenters. The number of nitrogens with zero attached hydrogens (tertiary/aromatic N) is 2. The van der Waals surface area contributed by atoms with Gasteiger partial charge in [0, 0.05) is 24.7 Å². The summed E-state index contributed by atoms with van der Waals surface area (Å²) in [6.45, 7) is 5.21. The molecule has 0 aromatic rings. The maximum absolute atomic E-state index is 6.27. The van der Waals surface area contributed by atoms with Crippen molar-refractivity contribution in [3.05, 3.63) is 0 Å². The van der Waals surface area contributed by atoms with Gasteiger partial charge < -0.3 is 15.4 Å². The molecule has 3 atom stereocenters. The van der Waals surface area contributed by atoms with Gasteiger partial charge in [-0.1, -0.05) is 0 Å². The van der Waals surface area contributed by atoms with Crippen molar-refractivity contribution in [1.29, 1.82) is 0 Å². The van der Waals surface area contributed by atoms with Crippen LogP contribution in [0.1, 0.15) is 38.5 Å². The van der Waals surface area contributed by atoms with E-state index in [0.29, 0.717) is 12.1 Å². The van der Waals surface area contributed by atoms with Gasteiger partial charge in [0.2, 0.25) is 0 Å². The lowest BCUT2D eigenvalue weighted by atomic mass is 9.86. The van der Waals surface area contributed by atoms with Gasteiger partial charge in [-0.25, -0.2) is 0 Å². The predicted molar refractivity (Wildman–Crippen MR) is 77.2 cm³/mol. The molecule has 1 saturated carbocycles. The molecule has 2 aliphatic heterocycles. The van der Waals surface area contributed by atoms with E-state index >= 15 is 0 Å². The van der Waals surface area contributed by atoms with Crippen LogP contribution in [-0.2, 0) is 4.74 Å². The molecule has 2 N–H and O–H groups in total. The molecule has 0 spiro atoms. The van der Waals surface area contributed by atoms with Gasteiger partial charge in [-0.3, -0.25) is 4.90 Å². The first-order valence-electron chi connectivity index (χ1n) is 8.02. The largest absolute Gasteiger partial charge is 0.375 e. The van der Waals surface area contributed by atoms with Crippen molar-refractivity contribution in [3.63, 3.8) is 0 Å². The van der Waals surface area contributed by atoms with Gasteiger partial charge >= 0.3 is 0 Å². The second-order valence-corrected chi connectivity index (χ2v) is 6.69. The molecule has 19 heavy (non-hydrogen) atoms. The highest BCUT2D eigenvalue weighted by atomic mass is 16.5. The van der Waals surface area contributed by atoms with E-state index in [9.17, 15) is 0 Å². The van der Waals surface area contributed by atoms with Gasteiger partial charge in [0.1, 0.15) is 0 Å². The molecule has 2 saturated heterocycles. The molecule has 2 heterocycles. The van der Waals surface area contributed by atoms with Crippen molar-refractivity contribution in [2.45, 2.75) is 56.2 Å². The minimum absolute atomic E-state index is 0.238. The lowest BCUT2D eigenvalue weighted by Crippen LogP contribution is -2.63. The molecule has 4 nitrogen and oxygen atoms in total. The second-order valence-electron chi connectivity index (χ2n) is 6.69. The maximum Gasteiger partial charge on any atom is 0.0731 e. The van der Waals surface area contributed by atoms with Crippen LogP contribution < -0.4 is 5.73 Å². The first-order chi connectivity index (χ1) is 9.25. The average Bonchev–Trinajstić information content (AvgIpc) is 2.83. The van der Waals surface area contributed by atoms with Gasteiger partial charge in [0.25, 0.3) is 0 Å². The third-order valence-electron chi connectivity index (χ3n) is 5.61. The van der Waals surface area contributed by atoms with Crippen molar-refractivity contribution < 1.29 is 4.74 Å². The Morgan fingerprint density at radius 2 is 2.05 bits per heavy atom. The Morgan fingerprint density at radius 3 is 2.89 bits per heavy atom. The molecule has 0 radical (unpaired) electrons. The minimum Gasteiger partial charge on any atom is -0.375 e. The lowest BCUT2D eigenvalue weighted by Gasteiger charge is -2.50. The second kappa shape index (κ2) is 5.68. The van der Waals surface area contributed by atoms with Crippen molar-refractivity contribution >= 4 is 0 Å². The molecule has 3 aliphatic rings. The summed E-state index contributed by atoms with van der Waals surface area (Å²) in [5.74, 6) is 0. The zero-order valence-corrected chi connectivity index (χ0v) is 12.3. The zero-order chi connectivity index (χ0) is 13.3. The number of hydrogen-bond acceptors (Lipinski definition) is 4. The molecular weight excluding hydrogens is 238 g/mol. The third kappa shape index (κ3) is 2.56. The summed E-state index contributed by atoms with van der Waals surface area (Å²) in [4.78, 5) is 5.22. The fraction of sp³-hybridized carbons (Fsp3) is 1.00. The lowest BCUT2D eigenvalue weighted by molar-refractivity contribution is -0.101. The molecule has 1 aliphatic carbocycles. The topological polar surface area (TPSA) is 41.7 Å². The summed E-state index contributed by atoms with van der Waals surface area (Å²) in [7, 11) is 2.24. The zero-order valence-electron chi connectivity index (χ0n) is 12.3. The molecule has 110 valence electrons. The van der Waals surface area contributed by atoms with Crippen LogP contribution in [0.15, 0.2) is 0 Å². The van der Waals surface area contributed by atoms with E-state index in [1.54, 1.807) is 0 Å². The first kappa shape index (κ1) is 13.8. The summed E-state index contributed by atoms with van der Waals surface area (Å²) >= 11 is 0. The molecule has 3 fully saturated rings. The van der Waals surface area contributed by atoms with Crippen molar-refractivity contribution in [2.75, 3.05) is 39.8 Å². The number of nitrogens with two attached hydrogens (primary N) is 1. The minimum atomic E-state index is 0.238. The van der Waals surface area contributed by atoms with Crippen molar-refractivity contribution in [1.82, 2.24) is 9.80 Å². The normalized spacial score (nSPS) is 42.0. The predicted octanol–water partition coefficient (Wildman–Crippen LogP) is 1.05. The van der Waals surface area contributed by atoms with Gasteiger partial charge in [-0.05, 0) is 58.7 Å². The summed E-state index contributed by atoms with van der Waals surface area (Å²) in [6, 6.07) is 0.640. The van der Waals surface area contributed by atoms with E-state index < -0.39 is 0 Å². The molecule has 4 heteroatoms. The fourth-order valence-electron chi connectivity index (χ4n) is 4.44. The molecule has 0 bridgehead atoms. The van der Waals surface area contributed by atoms with E-state index in [1.165, 1.54) is 51.6 Å². The summed E-state index contributed by atoms with van der Waals surface area (Å²) in [6.07, 6.45) is 8.14. The highest BCUT2D eigenvalue weighted by Crippen LogP contribution is 2.38. The van der Waals surface area contributed by atoms with E-state index in [0.717, 1.165) is 19.7 Å². The first-order valence-corrected chi connectivity index (χ1v) is 8.02. The van der Waals surface area contributed by atoms with Crippen LogP contribution in [0.4, 0.5) is 0 Å². The third-order valence-corrected chi connectivity index (χ3v) is 5.61. The van der Waals surface area contributed by atoms with Crippen LogP contribution in [0.5, 0.6) is 0 Å². The Labute approximate surface area is 117 Å². The molecule has 0 aromatic heterocycles. The summed E-state index contributed by atoms with van der Waals surface area (Å²) < 4.78 is 5.97. The Hall–Kier alpha value is -0.160. The maximum atomic E-state index is 6.27. The SMILES string of the molecule is CN1CCCC(CN)(N2CCOC3CCCC32)CC1. The molecule has 0 amide bonds. The molecule has 3 rings (SSSR count). The number of likely N-dealkylation sites (tertiary alicyclic amines) is 1. The van der Waals surface area contributed by atoms with E-state index in [1.807, 2.05) is 0 Å². The van der Waals surface area contributed by atoms with Gasteiger partial charge in [0.15, 0.2) is 0 Å². The Balaban J connectivity index is 1.79. The van der Waals surface area contributed by atoms with Crippen LogP contribution in [0.2, 0.25) is 0 Å². The van der Waals surface area contributed by atoms with Gasteiger partial charge in [0.05, 0.1) is 12.7 Å². The Morgan fingerprint density at radius 1 is 1.16 bits per heavy atom. The monoisotopic (exact) mass is 267 g/mol. The number of rotatable bonds is 2. The fourth-order valence-corrected chi connectivity index (χ4v) is 4.44. The number of hydrogen-bond donors (Lipinski definition) is 1. The van der Waals surface area contributed by atoms with Crippen molar-refractivity contribution in [2.24, 2.45) is 5.73 Å². The highest BCUT2D eigenvalue weighted by Gasteiger charge is 2.46. The van der Waals surface area contributed by atoms with Gasteiger partial charge in [-0.2, -0.15) is 0 Å². The quantitative estimate of drug-likeness (QED) is 0.812. The van der Waals surface area contributed by atoms with E-state index in [2.05, 4.69) is 16.8 Å². The van der Waals surface area contributed by atoms with Gasteiger partial charge in [-0.15, -0.1) is 0 Å². The van der Waals surface area contributed by atoms with Crippen molar-refractivity contribution in [3.8, 4) is 0 Å². The Bertz CT molecular complexity index is 312. The number of morpholine rings is 1. The van der Waals surface area contributed by atoms with E-state index in [-0.39, 0.29) is 5.54 Å². The van der Waals surface area contributed by atoms with Crippen LogP contribution in [-0.4, -0.2) is 67.3 Å². The Kier molecular flexibility index (Phi) is 4.13. The van der Waals surface area contributed by atoms with E-state index in [4.69, 9.17) is 10.5 Å². The highest BCUT2D eigenvalue weighted by molar-refractivity contribution is 5.01. The standard InChI is InChI=1S/C15H29N3O/c1-17-8-3-6-15(12-16,7-9-17)18-10-11-19-14-5-2-4-13(14)18/h13-14H,2-12,16H2,1H3.